The van der Waals surface area contributed by atoms with Gasteiger partial charge < -0.3 is 4.90 Å². The Balaban J connectivity index is 1.82. The molecule has 1 fully saturated rings. The second kappa shape index (κ2) is 5.26. The van der Waals surface area contributed by atoms with E-state index in [2.05, 4.69) is 48.6 Å². The van der Waals surface area contributed by atoms with Gasteiger partial charge >= 0.3 is 0 Å². The van der Waals surface area contributed by atoms with E-state index in [0.717, 1.165) is 18.4 Å². The minimum Gasteiger partial charge on any atom is -0.305 e. The van der Waals surface area contributed by atoms with E-state index in [9.17, 15) is 0 Å². The summed E-state index contributed by atoms with van der Waals surface area (Å²) in [7, 11) is 4.40. The third-order valence-corrected chi connectivity index (χ3v) is 6.02. The topological polar surface area (TPSA) is 3.24 Å². The predicted molar refractivity (Wildman–Crippen MR) is 92.7 cm³/mol. The summed E-state index contributed by atoms with van der Waals surface area (Å²) in [6.07, 6.45) is 5.59. The van der Waals surface area contributed by atoms with Gasteiger partial charge in [-0.25, -0.2) is 0 Å². The molecule has 2 aliphatic carbocycles. The Morgan fingerprint density at radius 1 is 1.19 bits per heavy atom. The molecule has 1 heterocycles. The molecular formula is C19H23NS. The van der Waals surface area contributed by atoms with Crippen molar-refractivity contribution in [2.45, 2.75) is 25.7 Å². The van der Waals surface area contributed by atoms with Gasteiger partial charge in [-0.2, -0.15) is 0 Å². The molecule has 2 bridgehead atoms. The zero-order valence-electron chi connectivity index (χ0n) is 12.9. The molecule has 2 atom stereocenters. The number of nitrogens with zero attached hydrogens (tertiary/aromatic N) is 1. The SMILES string of the molecule is CN(C)CC1=C(c2ccc3ccsc3c2)C2CCC(C1)C2. The van der Waals surface area contributed by atoms with Gasteiger partial charge in [-0.05, 0) is 85.7 Å². The van der Waals surface area contributed by atoms with Crippen LogP contribution in [-0.2, 0) is 0 Å². The van der Waals surface area contributed by atoms with E-state index in [1.165, 1.54) is 41.3 Å². The summed E-state index contributed by atoms with van der Waals surface area (Å²) in [6.45, 7) is 1.13. The maximum absolute atomic E-state index is 2.43. The molecule has 2 aliphatic rings. The second-order valence-electron chi connectivity index (χ2n) is 7.01. The van der Waals surface area contributed by atoms with Crippen LogP contribution in [0.15, 0.2) is 35.2 Å². The van der Waals surface area contributed by atoms with Gasteiger partial charge in [-0.3, -0.25) is 0 Å². The summed E-state index contributed by atoms with van der Waals surface area (Å²) in [5.74, 6) is 1.77. The summed E-state index contributed by atoms with van der Waals surface area (Å²) in [4.78, 5) is 2.34. The van der Waals surface area contributed by atoms with Gasteiger partial charge in [-0.1, -0.05) is 17.7 Å². The smallest absolute Gasteiger partial charge is 0.0348 e. The quantitative estimate of drug-likeness (QED) is 0.767. The molecule has 1 aromatic heterocycles. The second-order valence-corrected chi connectivity index (χ2v) is 7.96. The minimum atomic E-state index is 0.816. The lowest BCUT2D eigenvalue weighted by Gasteiger charge is -2.29. The molecule has 1 saturated carbocycles. The first-order valence-corrected chi connectivity index (χ1v) is 8.93. The number of thiophene rings is 1. The molecular weight excluding hydrogens is 274 g/mol. The standard InChI is InChI=1S/C19H23NS/c1-20(2)12-17-10-13-3-4-15(9-13)19(17)16-6-5-14-7-8-21-18(14)11-16/h5-8,11,13,15H,3-4,9-10,12H2,1-2H3. The van der Waals surface area contributed by atoms with Crippen LogP contribution in [-0.4, -0.2) is 25.5 Å². The van der Waals surface area contributed by atoms with Gasteiger partial charge in [0, 0.05) is 11.2 Å². The molecule has 0 N–H and O–H groups in total. The molecule has 0 spiro atoms. The van der Waals surface area contributed by atoms with Gasteiger partial charge in [-0.15, -0.1) is 11.3 Å². The van der Waals surface area contributed by atoms with Crippen molar-refractivity contribution in [2.75, 3.05) is 20.6 Å². The molecule has 21 heavy (non-hydrogen) atoms. The molecule has 1 nitrogen and oxygen atoms in total. The van der Waals surface area contributed by atoms with Crippen LogP contribution in [0.3, 0.4) is 0 Å². The Morgan fingerprint density at radius 3 is 2.95 bits per heavy atom. The monoisotopic (exact) mass is 297 g/mol. The van der Waals surface area contributed by atoms with Crippen LogP contribution in [0.2, 0.25) is 0 Å². The van der Waals surface area contributed by atoms with Crippen molar-refractivity contribution < 1.29 is 0 Å². The fourth-order valence-corrected chi connectivity index (χ4v) is 5.19. The van der Waals surface area contributed by atoms with Crippen LogP contribution in [0, 0.1) is 11.8 Å². The van der Waals surface area contributed by atoms with Gasteiger partial charge in [0.25, 0.3) is 0 Å². The number of benzene rings is 1. The van der Waals surface area contributed by atoms with Gasteiger partial charge in [0.2, 0.25) is 0 Å². The molecule has 4 rings (SSSR count). The molecule has 0 aliphatic heterocycles. The maximum Gasteiger partial charge on any atom is 0.0348 e. The lowest BCUT2D eigenvalue weighted by molar-refractivity contribution is 0.413. The van der Waals surface area contributed by atoms with Crippen molar-refractivity contribution in [3.8, 4) is 0 Å². The third kappa shape index (κ3) is 2.45. The first-order chi connectivity index (χ1) is 10.2. The van der Waals surface area contributed by atoms with Crippen molar-refractivity contribution in [3.63, 3.8) is 0 Å². The van der Waals surface area contributed by atoms with Crippen LogP contribution in [0.5, 0.6) is 0 Å². The fourth-order valence-electron chi connectivity index (χ4n) is 4.36. The van der Waals surface area contributed by atoms with Crippen molar-refractivity contribution in [1.29, 1.82) is 0 Å². The fraction of sp³-hybridized carbons (Fsp3) is 0.474. The molecule has 2 heteroatoms. The third-order valence-electron chi connectivity index (χ3n) is 5.14. The number of rotatable bonds is 3. The average Bonchev–Trinajstić information content (AvgIpc) is 3.05. The highest BCUT2D eigenvalue weighted by atomic mass is 32.1. The zero-order valence-corrected chi connectivity index (χ0v) is 13.7. The van der Waals surface area contributed by atoms with Crippen LogP contribution >= 0.6 is 11.3 Å². The van der Waals surface area contributed by atoms with E-state index in [1.807, 2.05) is 11.3 Å². The summed E-state index contributed by atoms with van der Waals surface area (Å²) in [5, 5.41) is 3.59. The van der Waals surface area contributed by atoms with E-state index in [4.69, 9.17) is 0 Å². The molecule has 0 amide bonds. The Bertz CT molecular complexity index is 694. The first-order valence-electron chi connectivity index (χ1n) is 8.05. The minimum absolute atomic E-state index is 0.816. The predicted octanol–water partition coefficient (Wildman–Crippen LogP) is 5.04. The first kappa shape index (κ1) is 13.5. The van der Waals surface area contributed by atoms with E-state index in [-0.39, 0.29) is 0 Å². The molecule has 2 unspecified atom stereocenters. The molecule has 110 valence electrons. The summed E-state index contributed by atoms with van der Waals surface area (Å²) in [6, 6.07) is 9.33. The lowest BCUT2D eigenvalue weighted by Crippen LogP contribution is -2.21. The van der Waals surface area contributed by atoms with E-state index in [1.54, 1.807) is 11.1 Å². The lowest BCUT2D eigenvalue weighted by atomic mass is 9.79. The normalized spacial score (nSPS) is 25.3. The van der Waals surface area contributed by atoms with Crippen molar-refractivity contribution >= 4 is 27.0 Å². The Labute approximate surface area is 131 Å². The number of hydrogen-bond acceptors (Lipinski definition) is 2. The van der Waals surface area contributed by atoms with Gasteiger partial charge in [0.05, 0.1) is 0 Å². The molecule has 1 aromatic carbocycles. The summed E-state index contributed by atoms with van der Waals surface area (Å²) in [5.41, 5.74) is 4.88. The molecule has 0 radical (unpaired) electrons. The Kier molecular flexibility index (Phi) is 3.39. The zero-order chi connectivity index (χ0) is 14.4. The number of hydrogen-bond donors (Lipinski definition) is 0. The van der Waals surface area contributed by atoms with E-state index < -0.39 is 0 Å². The van der Waals surface area contributed by atoms with Crippen molar-refractivity contribution in [1.82, 2.24) is 4.90 Å². The maximum atomic E-state index is 2.43. The Hall–Kier alpha value is -1.12. The van der Waals surface area contributed by atoms with Gasteiger partial charge in [0.1, 0.15) is 0 Å². The number of likely N-dealkylation sites (N-methyl/N-ethyl adjacent to an activating group) is 1. The summed E-state index contributed by atoms with van der Waals surface area (Å²) < 4.78 is 1.43. The van der Waals surface area contributed by atoms with Crippen LogP contribution in [0.4, 0.5) is 0 Å². The highest BCUT2D eigenvalue weighted by Crippen LogP contribution is 2.49. The molecule has 0 saturated heterocycles. The van der Waals surface area contributed by atoms with E-state index in [0.29, 0.717) is 0 Å². The number of fused-ring (bicyclic) bond motifs is 3. The number of allylic oxidation sites excluding steroid dienone is 1. The van der Waals surface area contributed by atoms with E-state index >= 15 is 0 Å². The van der Waals surface area contributed by atoms with Crippen LogP contribution < -0.4 is 0 Å². The highest BCUT2D eigenvalue weighted by Gasteiger charge is 2.35. The van der Waals surface area contributed by atoms with Crippen molar-refractivity contribution in [2.24, 2.45) is 11.8 Å². The van der Waals surface area contributed by atoms with Crippen LogP contribution in [0.25, 0.3) is 15.7 Å². The van der Waals surface area contributed by atoms with Crippen LogP contribution in [0.1, 0.15) is 31.2 Å². The Morgan fingerprint density at radius 2 is 2.10 bits per heavy atom. The molecule has 2 aromatic rings. The van der Waals surface area contributed by atoms with Gasteiger partial charge in [0.15, 0.2) is 0 Å². The summed E-state index contributed by atoms with van der Waals surface area (Å²) >= 11 is 1.87. The highest BCUT2D eigenvalue weighted by molar-refractivity contribution is 7.17. The average molecular weight is 297 g/mol. The largest absolute Gasteiger partial charge is 0.305 e. The van der Waals surface area contributed by atoms with Crippen molar-refractivity contribution in [3.05, 3.63) is 40.8 Å².